The zero-order chi connectivity index (χ0) is 17.0. The monoisotopic (exact) mass is 338 g/mol. The molecule has 0 fully saturated rings. The maximum Gasteiger partial charge on any atom is 0.283 e. The van der Waals surface area contributed by atoms with E-state index in [4.69, 9.17) is 16.0 Å². The van der Waals surface area contributed by atoms with Crippen LogP contribution in [0.2, 0.25) is 5.02 Å². The Balaban J connectivity index is 2.05. The molecule has 2 atom stereocenters. The first-order chi connectivity index (χ1) is 10.9. The van der Waals surface area contributed by atoms with Crippen LogP contribution in [0.25, 0.3) is 0 Å². The lowest BCUT2D eigenvalue weighted by Gasteiger charge is -2.16. The van der Waals surface area contributed by atoms with E-state index in [1.54, 1.807) is 19.1 Å². The standard InChI is InChI=1S/C15H15ClN2O5/c1-9(7-13(19)14-3-2-6-23-14)17-15(20)11-5-4-10(16)8-12(11)18(21)22/h2-6,8-9,13,19H,7H2,1H3,(H,17,20). The van der Waals surface area contributed by atoms with E-state index in [1.807, 2.05) is 0 Å². The van der Waals surface area contributed by atoms with E-state index in [0.717, 1.165) is 6.07 Å². The van der Waals surface area contributed by atoms with Crippen LogP contribution in [0.1, 0.15) is 35.6 Å². The quantitative estimate of drug-likeness (QED) is 0.622. The number of hydrogen-bond donors (Lipinski definition) is 2. The van der Waals surface area contributed by atoms with Crippen molar-refractivity contribution in [3.63, 3.8) is 0 Å². The van der Waals surface area contributed by atoms with Gasteiger partial charge >= 0.3 is 0 Å². The Morgan fingerprint density at radius 2 is 2.22 bits per heavy atom. The number of carbonyl (C=O) groups is 1. The van der Waals surface area contributed by atoms with Crippen molar-refractivity contribution in [2.75, 3.05) is 0 Å². The molecular weight excluding hydrogens is 324 g/mol. The molecule has 2 aromatic rings. The minimum atomic E-state index is -0.875. The third-order valence-electron chi connectivity index (χ3n) is 3.23. The summed E-state index contributed by atoms with van der Waals surface area (Å²) < 4.78 is 5.08. The van der Waals surface area contributed by atoms with E-state index in [-0.39, 0.29) is 22.7 Å². The minimum absolute atomic E-state index is 0.0845. The smallest absolute Gasteiger partial charge is 0.283 e. The Kier molecular flexibility index (Phi) is 5.36. The van der Waals surface area contributed by atoms with Crippen LogP contribution in [0.15, 0.2) is 41.0 Å². The zero-order valence-corrected chi connectivity index (χ0v) is 13.0. The summed E-state index contributed by atoms with van der Waals surface area (Å²) in [5.74, 6) is -0.212. The summed E-state index contributed by atoms with van der Waals surface area (Å²) >= 11 is 5.72. The summed E-state index contributed by atoms with van der Waals surface area (Å²) in [6.45, 7) is 1.69. The largest absolute Gasteiger partial charge is 0.467 e. The lowest BCUT2D eigenvalue weighted by molar-refractivity contribution is -0.385. The molecule has 2 rings (SSSR count). The average molecular weight is 339 g/mol. The highest BCUT2D eigenvalue weighted by Gasteiger charge is 2.23. The molecule has 2 N–H and O–H groups in total. The Morgan fingerprint density at radius 1 is 1.48 bits per heavy atom. The van der Waals surface area contributed by atoms with Crippen molar-refractivity contribution in [1.82, 2.24) is 5.32 Å². The van der Waals surface area contributed by atoms with Crippen molar-refractivity contribution in [3.8, 4) is 0 Å². The Bertz CT molecular complexity index is 702. The van der Waals surface area contributed by atoms with Gasteiger partial charge in [0.2, 0.25) is 0 Å². The molecule has 1 aromatic carbocycles. The number of aliphatic hydroxyl groups excluding tert-OH is 1. The number of nitro benzene ring substituents is 1. The van der Waals surface area contributed by atoms with Gasteiger partial charge in [-0.1, -0.05) is 11.6 Å². The number of nitrogens with one attached hydrogen (secondary N) is 1. The summed E-state index contributed by atoms with van der Waals surface area (Å²) in [6.07, 6.45) is 0.778. The van der Waals surface area contributed by atoms with Crippen molar-refractivity contribution < 1.29 is 19.2 Å². The summed E-state index contributed by atoms with van der Waals surface area (Å²) in [5, 5.41) is 23.8. The normalized spacial score (nSPS) is 13.3. The van der Waals surface area contributed by atoms with Gasteiger partial charge < -0.3 is 14.8 Å². The molecule has 23 heavy (non-hydrogen) atoms. The number of nitro groups is 1. The van der Waals surface area contributed by atoms with E-state index >= 15 is 0 Å². The molecule has 0 saturated carbocycles. The van der Waals surface area contributed by atoms with Crippen LogP contribution in [0, 0.1) is 10.1 Å². The molecule has 0 radical (unpaired) electrons. The van der Waals surface area contributed by atoms with Gasteiger partial charge in [-0.3, -0.25) is 14.9 Å². The maximum atomic E-state index is 12.2. The molecular formula is C15H15ClN2O5. The molecule has 0 aliphatic heterocycles. The van der Waals surface area contributed by atoms with Gasteiger partial charge in [-0.2, -0.15) is 0 Å². The van der Waals surface area contributed by atoms with Crippen LogP contribution in [0.3, 0.4) is 0 Å². The molecule has 0 spiro atoms. The fourth-order valence-electron chi connectivity index (χ4n) is 2.14. The molecule has 0 aliphatic carbocycles. The molecule has 1 heterocycles. The fraction of sp³-hybridized carbons (Fsp3) is 0.267. The topological polar surface area (TPSA) is 106 Å². The number of benzene rings is 1. The average Bonchev–Trinajstić information content (AvgIpc) is 3.00. The lowest BCUT2D eigenvalue weighted by atomic mass is 10.1. The predicted molar refractivity (Wildman–Crippen MR) is 83.3 cm³/mol. The van der Waals surface area contributed by atoms with Crippen molar-refractivity contribution >= 4 is 23.2 Å². The first-order valence-corrected chi connectivity index (χ1v) is 7.22. The van der Waals surface area contributed by atoms with Crippen LogP contribution in [-0.4, -0.2) is 22.0 Å². The van der Waals surface area contributed by atoms with Crippen molar-refractivity contribution in [3.05, 3.63) is 63.1 Å². The number of rotatable bonds is 6. The van der Waals surface area contributed by atoms with E-state index in [0.29, 0.717) is 5.76 Å². The van der Waals surface area contributed by atoms with Crippen LogP contribution in [-0.2, 0) is 0 Å². The molecule has 0 bridgehead atoms. The Morgan fingerprint density at radius 3 is 2.83 bits per heavy atom. The van der Waals surface area contributed by atoms with Gasteiger partial charge in [-0.25, -0.2) is 0 Å². The summed E-state index contributed by atoms with van der Waals surface area (Å²) in [7, 11) is 0. The van der Waals surface area contributed by atoms with Gasteiger partial charge in [-0.15, -0.1) is 0 Å². The molecule has 7 nitrogen and oxygen atoms in total. The summed E-state index contributed by atoms with van der Waals surface area (Å²) in [6, 6.07) is 6.69. The van der Waals surface area contributed by atoms with Gasteiger partial charge in [0, 0.05) is 23.6 Å². The SMILES string of the molecule is CC(CC(O)c1ccco1)NC(=O)c1ccc(Cl)cc1[N+](=O)[O-]. The number of hydrogen-bond acceptors (Lipinski definition) is 5. The van der Waals surface area contributed by atoms with Crippen molar-refractivity contribution in [2.45, 2.75) is 25.5 Å². The van der Waals surface area contributed by atoms with E-state index in [1.165, 1.54) is 18.4 Å². The van der Waals surface area contributed by atoms with E-state index in [2.05, 4.69) is 5.32 Å². The number of carbonyl (C=O) groups excluding carboxylic acids is 1. The molecule has 1 amide bonds. The number of aliphatic hydroxyl groups is 1. The molecule has 1 aromatic heterocycles. The second-order valence-electron chi connectivity index (χ2n) is 5.06. The first kappa shape index (κ1) is 17.0. The highest BCUT2D eigenvalue weighted by Crippen LogP contribution is 2.24. The number of furan rings is 1. The first-order valence-electron chi connectivity index (χ1n) is 6.84. The molecule has 0 aliphatic rings. The van der Waals surface area contributed by atoms with Crippen molar-refractivity contribution in [2.24, 2.45) is 0 Å². The zero-order valence-electron chi connectivity index (χ0n) is 12.2. The van der Waals surface area contributed by atoms with Gasteiger partial charge in [0.05, 0.1) is 11.2 Å². The second kappa shape index (κ2) is 7.26. The third kappa shape index (κ3) is 4.30. The van der Waals surface area contributed by atoms with Crippen LogP contribution >= 0.6 is 11.6 Å². The van der Waals surface area contributed by atoms with Gasteiger partial charge in [0.1, 0.15) is 17.4 Å². The predicted octanol–water partition coefficient (Wildman–Crippen LogP) is 3.08. The lowest BCUT2D eigenvalue weighted by Crippen LogP contribution is -2.34. The number of halogens is 1. The van der Waals surface area contributed by atoms with Gasteiger partial charge in [0.15, 0.2) is 0 Å². The maximum absolute atomic E-state index is 12.2. The second-order valence-corrected chi connectivity index (χ2v) is 5.50. The van der Waals surface area contributed by atoms with Gasteiger partial charge in [0.25, 0.3) is 11.6 Å². The molecule has 122 valence electrons. The van der Waals surface area contributed by atoms with E-state index in [9.17, 15) is 20.0 Å². The number of amides is 1. The van der Waals surface area contributed by atoms with Gasteiger partial charge in [-0.05, 0) is 31.2 Å². The highest BCUT2D eigenvalue weighted by molar-refractivity contribution is 6.31. The Labute approximate surface area is 137 Å². The highest BCUT2D eigenvalue weighted by atomic mass is 35.5. The van der Waals surface area contributed by atoms with Crippen LogP contribution in [0.5, 0.6) is 0 Å². The Hall–Kier alpha value is -2.38. The number of nitrogens with zero attached hydrogens (tertiary/aromatic N) is 1. The molecule has 8 heteroatoms. The third-order valence-corrected chi connectivity index (χ3v) is 3.46. The minimum Gasteiger partial charge on any atom is -0.467 e. The molecule has 2 unspecified atom stereocenters. The van der Waals surface area contributed by atoms with Crippen molar-refractivity contribution in [1.29, 1.82) is 0 Å². The van der Waals surface area contributed by atoms with E-state index < -0.39 is 23.0 Å². The summed E-state index contributed by atoms with van der Waals surface area (Å²) in [4.78, 5) is 22.5. The van der Waals surface area contributed by atoms with Crippen LogP contribution in [0.4, 0.5) is 5.69 Å². The summed E-state index contributed by atoms with van der Waals surface area (Å²) in [5.41, 5.74) is -0.451. The molecule has 0 saturated heterocycles. The van der Waals surface area contributed by atoms with Crippen LogP contribution < -0.4 is 5.32 Å². The fourth-order valence-corrected chi connectivity index (χ4v) is 2.31.